The van der Waals surface area contributed by atoms with Crippen LogP contribution >= 0.6 is 11.3 Å². The Labute approximate surface area is 149 Å². The summed E-state index contributed by atoms with van der Waals surface area (Å²) in [5, 5.41) is 0. The Morgan fingerprint density at radius 2 is 1.68 bits per heavy atom. The molecular weight excluding hydrogens is 332 g/mol. The molecule has 0 aliphatic rings. The predicted octanol–water partition coefficient (Wildman–Crippen LogP) is 4.91. The second-order valence-corrected chi connectivity index (χ2v) is 6.49. The molecule has 4 nitrogen and oxygen atoms in total. The number of hydrogen-bond acceptors (Lipinski definition) is 4. The van der Waals surface area contributed by atoms with Gasteiger partial charge in [-0.05, 0) is 12.5 Å². The first-order valence-corrected chi connectivity index (χ1v) is 8.89. The zero-order valence-corrected chi connectivity index (χ0v) is 14.5. The highest BCUT2D eigenvalue weighted by Crippen LogP contribution is 2.39. The van der Waals surface area contributed by atoms with Crippen LogP contribution in [0.25, 0.3) is 26.7 Å². The Morgan fingerprint density at radius 3 is 2.32 bits per heavy atom. The number of rotatable bonds is 4. The number of hydrogen-bond donors (Lipinski definition) is 0. The van der Waals surface area contributed by atoms with E-state index in [-0.39, 0.29) is 0 Å². The summed E-state index contributed by atoms with van der Waals surface area (Å²) < 4.78 is 7.06. The van der Waals surface area contributed by atoms with E-state index in [0.29, 0.717) is 12.3 Å². The number of ether oxygens (including phenoxy) is 1. The van der Waals surface area contributed by atoms with Crippen molar-refractivity contribution in [3.63, 3.8) is 0 Å². The van der Waals surface area contributed by atoms with E-state index in [9.17, 15) is 4.79 Å². The molecule has 2 heterocycles. The first kappa shape index (κ1) is 15.6. The van der Waals surface area contributed by atoms with Gasteiger partial charge in [-0.3, -0.25) is 4.40 Å². The normalized spacial score (nSPS) is 10.9. The average Bonchev–Trinajstić information content (AvgIpc) is 3.21. The van der Waals surface area contributed by atoms with Crippen molar-refractivity contribution in [3.05, 3.63) is 72.6 Å². The maximum absolute atomic E-state index is 12.0. The minimum atomic E-state index is -0.390. The zero-order valence-electron chi connectivity index (χ0n) is 13.7. The summed E-state index contributed by atoms with van der Waals surface area (Å²) in [5.74, 6) is -0.390. The molecule has 4 rings (SSSR count). The first-order chi connectivity index (χ1) is 12.3. The molecule has 4 aromatic rings. The molecule has 0 N–H and O–H groups in total. The molecule has 0 spiro atoms. The van der Waals surface area contributed by atoms with Gasteiger partial charge in [-0.1, -0.05) is 72.0 Å². The lowest BCUT2D eigenvalue weighted by Crippen LogP contribution is -2.04. The van der Waals surface area contributed by atoms with Crippen LogP contribution < -0.4 is 0 Å². The predicted molar refractivity (Wildman–Crippen MR) is 99.9 cm³/mol. The molecule has 2 aromatic carbocycles. The molecule has 0 unspecified atom stereocenters. The van der Waals surface area contributed by atoms with Crippen LogP contribution in [0, 0.1) is 0 Å². The molecule has 0 bridgehead atoms. The van der Waals surface area contributed by atoms with Crippen molar-refractivity contribution in [3.8, 4) is 21.7 Å². The molecule has 0 aliphatic heterocycles. The quantitative estimate of drug-likeness (QED) is 0.492. The van der Waals surface area contributed by atoms with Crippen molar-refractivity contribution in [2.75, 3.05) is 6.61 Å². The maximum atomic E-state index is 12.0. The van der Waals surface area contributed by atoms with Gasteiger partial charge in [0.1, 0.15) is 0 Å². The standard InChI is InChI=1S/C20H16N2O2S/c1-2-24-19(23)16-13-22-17(14-9-5-3-6-10-14)18(25-20(22)21-16)15-11-7-4-8-12-15/h3-13H,2H2,1H3. The number of benzene rings is 2. The van der Waals surface area contributed by atoms with Gasteiger partial charge in [0.25, 0.3) is 0 Å². The van der Waals surface area contributed by atoms with Crippen molar-refractivity contribution >= 4 is 22.3 Å². The number of thiazole rings is 1. The largest absolute Gasteiger partial charge is 0.461 e. The van der Waals surface area contributed by atoms with Crippen LogP contribution in [0.2, 0.25) is 0 Å². The highest BCUT2D eigenvalue weighted by molar-refractivity contribution is 7.20. The molecule has 0 saturated carbocycles. The smallest absolute Gasteiger partial charge is 0.358 e. The van der Waals surface area contributed by atoms with Gasteiger partial charge in [-0.15, -0.1) is 0 Å². The summed E-state index contributed by atoms with van der Waals surface area (Å²) in [6, 6.07) is 20.4. The van der Waals surface area contributed by atoms with Gasteiger partial charge >= 0.3 is 5.97 Å². The van der Waals surface area contributed by atoms with Crippen molar-refractivity contribution in [2.45, 2.75) is 6.92 Å². The van der Waals surface area contributed by atoms with Crippen LogP contribution in [0.5, 0.6) is 0 Å². The molecule has 5 heteroatoms. The number of carbonyl (C=O) groups is 1. The Hall–Kier alpha value is -2.92. The van der Waals surface area contributed by atoms with Crippen LogP contribution in [-0.4, -0.2) is 22.0 Å². The highest BCUT2D eigenvalue weighted by atomic mass is 32.1. The molecular formula is C20H16N2O2S. The van der Waals surface area contributed by atoms with Crippen LogP contribution in [0.3, 0.4) is 0 Å². The third-order valence-electron chi connectivity index (χ3n) is 3.89. The van der Waals surface area contributed by atoms with Crippen LogP contribution in [0.4, 0.5) is 0 Å². The second-order valence-electron chi connectivity index (χ2n) is 5.51. The van der Waals surface area contributed by atoms with E-state index in [1.54, 1.807) is 24.5 Å². The minimum Gasteiger partial charge on any atom is -0.461 e. The molecule has 124 valence electrons. The molecule has 25 heavy (non-hydrogen) atoms. The Kier molecular flexibility index (Phi) is 4.07. The highest BCUT2D eigenvalue weighted by Gasteiger charge is 2.20. The lowest BCUT2D eigenvalue weighted by Gasteiger charge is -2.05. The van der Waals surface area contributed by atoms with E-state index in [4.69, 9.17) is 4.74 Å². The van der Waals surface area contributed by atoms with Crippen LogP contribution in [0.15, 0.2) is 66.9 Å². The summed E-state index contributed by atoms with van der Waals surface area (Å²) in [6.45, 7) is 2.13. The van der Waals surface area contributed by atoms with Crippen LogP contribution in [0.1, 0.15) is 17.4 Å². The monoisotopic (exact) mass is 348 g/mol. The number of imidazole rings is 1. The number of aromatic nitrogens is 2. The van der Waals surface area contributed by atoms with E-state index in [1.165, 1.54) is 0 Å². The molecule has 0 aliphatic carbocycles. The minimum absolute atomic E-state index is 0.338. The van der Waals surface area contributed by atoms with Gasteiger partial charge < -0.3 is 4.74 Å². The van der Waals surface area contributed by atoms with E-state index in [1.807, 2.05) is 40.8 Å². The van der Waals surface area contributed by atoms with E-state index in [2.05, 4.69) is 29.2 Å². The zero-order chi connectivity index (χ0) is 17.2. The molecule has 0 fully saturated rings. The molecule has 0 saturated heterocycles. The number of carbonyl (C=O) groups excluding carboxylic acids is 1. The third-order valence-corrected chi connectivity index (χ3v) is 4.99. The van der Waals surface area contributed by atoms with Gasteiger partial charge in [-0.2, -0.15) is 0 Å². The SMILES string of the molecule is CCOC(=O)c1cn2c(-c3ccccc3)c(-c3ccccc3)sc2n1. The average molecular weight is 348 g/mol. The van der Waals surface area contributed by atoms with E-state index < -0.39 is 5.97 Å². The molecule has 0 atom stereocenters. The van der Waals surface area contributed by atoms with E-state index >= 15 is 0 Å². The Balaban J connectivity index is 1.94. The van der Waals surface area contributed by atoms with Crippen molar-refractivity contribution in [1.29, 1.82) is 0 Å². The lowest BCUT2D eigenvalue weighted by atomic mass is 10.1. The Morgan fingerprint density at radius 1 is 1.04 bits per heavy atom. The van der Waals surface area contributed by atoms with Crippen molar-refractivity contribution < 1.29 is 9.53 Å². The van der Waals surface area contributed by atoms with Gasteiger partial charge in [0.2, 0.25) is 0 Å². The molecule has 0 radical (unpaired) electrons. The topological polar surface area (TPSA) is 43.6 Å². The maximum Gasteiger partial charge on any atom is 0.358 e. The van der Waals surface area contributed by atoms with Gasteiger partial charge in [0.15, 0.2) is 10.7 Å². The summed E-state index contributed by atoms with van der Waals surface area (Å²) in [4.78, 5) is 18.4. The van der Waals surface area contributed by atoms with Crippen molar-refractivity contribution in [1.82, 2.24) is 9.38 Å². The lowest BCUT2D eigenvalue weighted by molar-refractivity contribution is 0.0520. The number of esters is 1. The number of nitrogens with zero attached hydrogens (tertiary/aromatic N) is 2. The van der Waals surface area contributed by atoms with Gasteiger partial charge in [0.05, 0.1) is 17.2 Å². The summed E-state index contributed by atoms with van der Waals surface area (Å²) >= 11 is 1.57. The fourth-order valence-electron chi connectivity index (χ4n) is 2.80. The van der Waals surface area contributed by atoms with Crippen molar-refractivity contribution in [2.24, 2.45) is 0 Å². The summed E-state index contributed by atoms with van der Waals surface area (Å²) in [5.41, 5.74) is 3.59. The van der Waals surface area contributed by atoms with Gasteiger partial charge in [0, 0.05) is 11.8 Å². The number of fused-ring (bicyclic) bond motifs is 1. The first-order valence-electron chi connectivity index (χ1n) is 8.07. The second kappa shape index (κ2) is 6.53. The third kappa shape index (κ3) is 2.83. The Bertz CT molecular complexity index is 1020. The van der Waals surface area contributed by atoms with Crippen LogP contribution in [-0.2, 0) is 4.74 Å². The summed E-state index contributed by atoms with van der Waals surface area (Å²) in [7, 11) is 0. The summed E-state index contributed by atoms with van der Waals surface area (Å²) in [6.07, 6.45) is 1.76. The molecule has 0 amide bonds. The van der Waals surface area contributed by atoms with Gasteiger partial charge in [-0.25, -0.2) is 9.78 Å². The molecule has 2 aromatic heterocycles. The van der Waals surface area contributed by atoms with E-state index in [0.717, 1.165) is 26.7 Å². The fourth-order valence-corrected chi connectivity index (χ4v) is 3.93. The fraction of sp³-hybridized carbons (Fsp3) is 0.100.